The number of aryl methyl sites for hydroxylation is 2. The van der Waals surface area contributed by atoms with Crippen LogP contribution in [0.2, 0.25) is 0 Å². The van der Waals surface area contributed by atoms with Crippen molar-refractivity contribution in [3.63, 3.8) is 0 Å². The van der Waals surface area contributed by atoms with Gasteiger partial charge in [0.05, 0.1) is 16.3 Å². The smallest absolute Gasteiger partial charge is 0.264 e. The second-order valence-electron chi connectivity index (χ2n) is 8.63. The lowest BCUT2D eigenvalue weighted by molar-refractivity contribution is -0.116. The van der Waals surface area contributed by atoms with Crippen LogP contribution in [0.25, 0.3) is 11.1 Å². The van der Waals surface area contributed by atoms with Gasteiger partial charge in [0.25, 0.3) is 10.0 Å². The average Bonchev–Trinajstić information content (AvgIpc) is 3.24. The number of para-hydroxylation sites is 1. The number of benzene rings is 2. The zero-order valence-corrected chi connectivity index (χ0v) is 19.4. The Hall–Kier alpha value is -3.46. The molecular weight excluding hydrogens is 440 g/mol. The molecule has 1 unspecified atom stereocenters. The van der Waals surface area contributed by atoms with Gasteiger partial charge in [-0.05, 0) is 56.0 Å². The van der Waals surface area contributed by atoms with Crippen molar-refractivity contribution >= 4 is 33.3 Å². The van der Waals surface area contributed by atoms with Gasteiger partial charge in [-0.15, -0.1) is 0 Å². The van der Waals surface area contributed by atoms with Crippen LogP contribution in [0.4, 0.5) is 11.5 Å². The molecule has 8 nitrogen and oxygen atoms in total. The first-order valence-electron chi connectivity index (χ1n) is 10.8. The number of amides is 1. The zero-order valence-electron chi connectivity index (χ0n) is 18.6. The molecule has 2 aromatic carbocycles. The van der Waals surface area contributed by atoms with E-state index >= 15 is 0 Å². The van der Waals surface area contributed by atoms with Crippen LogP contribution in [0.5, 0.6) is 0 Å². The Morgan fingerprint density at radius 1 is 1.06 bits per heavy atom. The van der Waals surface area contributed by atoms with Crippen molar-refractivity contribution in [2.75, 3.05) is 9.62 Å². The van der Waals surface area contributed by atoms with E-state index in [-0.39, 0.29) is 41.4 Å². The predicted octanol–water partition coefficient (Wildman–Crippen LogP) is 3.68. The van der Waals surface area contributed by atoms with E-state index in [1.54, 1.807) is 32.0 Å². The number of hydrogen-bond acceptors (Lipinski definition) is 5. The third kappa shape index (κ3) is 3.34. The summed E-state index contributed by atoms with van der Waals surface area (Å²) in [5.41, 5.74) is 3.97. The molecule has 0 saturated heterocycles. The van der Waals surface area contributed by atoms with Crippen LogP contribution >= 0.6 is 0 Å². The van der Waals surface area contributed by atoms with Gasteiger partial charge in [0.1, 0.15) is 5.82 Å². The molecule has 1 amide bonds. The Labute approximate surface area is 192 Å². The molecule has 0 aliphatic carbocycles. The minimum absolute atomic E-state index is 0.0686. The molecule has 2 aliphatic heterocycles. The third-order valence-corrected chi connectivity index (χ3v) is 8.35. The van der Waals surface area contributed by atoms with Crippen LogP contribution in [-0.2, 0) is 21.2 Å². The van der Waals surface area contributed by atoms with Crippen LogP contribution < -0.4 is 9.62 Å². The summed E-state index contributed by atoms with van der Waals surface area (Å²) in [4.78, 5) is 24.8. The lowest BCUT2D eigenvalue weighted by Crippen LogP contribution is -2.36. The molecule has 0 spiro atoms. The van der Waals surface area contributed by atoms with Crippen LogP contribution in [0.1, 0.15) is 41.4 Å². The first-order valence-corrected chi connectivity index (χ1v) is 12.3. The molecule has 1 atom stereocenters. The molecule has 0 fully saturated rings. The van der Waals surface area contributed by atoms with Crippen molar-refractivity contribution in [3.8, 4) is 11.1 Å². The molecule has 170 valence electrons. The number of sulfonamides is 1. The first kappa shape index (κ1) is 21.4. The van der Waals surface area contributed by atoms with Crippen LogP contribution in [-0.4, -0.2) is 36.1 Å². The summed E-state index contributed by atoms with van der Waals surface area (Å²) in [5, 5.41) is 7.10. The van der Waals surface area contributed by atoms with Crippen molar-refractivity contribution < 1.29 is 18.0 Å². The Balaban J connectivity index is 1.66. The van der Waals surface area contributed by atoms with Crippen molar-refractivity contribution in [1.29, 1.82) is 0 Å². The van der Waals surface area contributed by atoms with Gasteiger partial charge in [-0.25, -0.2) is 8.42 Å². The minimum atomic E-state index is -3.86. The molecule has 9 heteroatoms. The summed E-state index contributed by atoms with van der Waals surface area (Å²) >= 11 is 0. The number of fused-ring (bicyclic) bond motifs is 2. The van der Waals surface area contributed by atoms with Crippen molar-refractivity contribution in [1.82, 2.24) is 9.78 Å². The Morgan fingerprint density at radius 2 is 1.82 bits per heavy atom. The summed E-state index contributed by atoms with van der Waals surface area (Å²) in [6, 6.07) is 12.5. The highest BCUT2D eigenvalue weighted by Gasteiger charge is 2.37. The number of aromatic nitrogens is 2. The standard InChI is InChI=1S/C24H24N4O4S/c1-14-8-9-18(23-16(3)26-27-22(30)11-10-21(29)25-24(23)27)13-20(14)33(31,32)28-15(2)12-17-6-4-5-7-19(17)28/h4-9,13,15H,10-12H2,1-3H3,(H,25,29). The van der Waals surface area contributed by atoms with Gasteiger partial charge in [0.2, 0.25) is 11.8 Å². The molecule has 0 saturated carbocycles. The van der Waals surface area contributed by atoms with E-state index in [0.29, 0.717) is 34.5 Å². The van der Waals surface area contributed by atoms with Crippen LogP contribution in [0, 0.1) is 13.8 Å². The number of hydrogen-bond donors (Lipinski definition) is 1. The number of nitrogens with one attached hydrogen (secondary N) is 1. The maximum Gasteiger partial charge on any atom is 0.264 e. The highest BCUT2D eigenvalue weighted by atomic mass is 32.2. The topological polar surface area (TPSA) is 101 Å². The highest BCUT2D eigenvalue weighted by Crippen LogP contribution is 2.39. The number of carbonyl (C=O) groups excluding carboxylic acids is 2. The monoisotopic (exact) mass is 464 g/mol. The van der Waals surface area contributed by atoms with E-state index in [0.717, 1.165) is 5.56 Å². The fraction of sp³-hybridized carbons (Fsp3) is 0.292. The fourth-order valence-electron chi connectivity index (χ4n) is 4.73. The van der Waals surface area contributed by atoms with Crippen LogP contribution in [0.3, 0.4) is 0 Å². The predicted molar refractivity (Wildman–Crippen MR) is 125 cm³/mol. The van der Waals surface area contributed by atoms with Crippen molar-refractivity contribution in [3.05, 3.63) is 59.3 Å². The summed E-state index contributed by atoms with van der Waals surface area (Å²) in [6.45, 7) is 5.41. The van der Waals surface area contributed by atoms with E-state index < -0.39 is 10.0 Å². The van der Waals surface area contributed by atoms with Gasteiger partial charge < -0.3 is 5.32 Å². The quantitative estimate of drug-likeness (QED) is 0.637. The van der Waals surface area contributed by atoms with E-state index in [2.05, 4.69) is 10.4 Å². The Bertz CT molecular complexity index is 1420. The van der Waals surface area contributed by atoms with Gasteiger partial charge in [0.15, 0.2) is 0 Å². The summed E-state index contributed by atoms with van der Waals surface area (Å²) in [6.07, 6.45) is 0.804. The van der Waals surface area contributed by atoms with Gasteiger partial charge in [0, 0.05) is 24.4 Å². The van der Waals surface area contributed by atoms with E-state index in [1.807, 2.05) is 31.2 Å². The van der Waals surface area contributed by atoms with Gasteiger partial charge in [-0.2, -0.15) is 9.78 Å². The molecule has 1 aromatic heterocycles. The summed E-state index contributed by atoms with van der Waals surface area (Å²) in [7, 11) is -3.86. The number of anilines is 2. The fourth-order valence-corrected chi connectivity index (χ4v) is 6.68. The van der Waals surface area contributed by atoms with Gasteiger partial charge in [-0.3, -0.25) is 13.9 Å². The molecular formula is C24H24N4O4S. The minimum Gasteiger partial charge on any atom is -0.310 e. The second kappa shape index (κ2) is 7.55. The molecule has 3 aromatic rings. The molecule has 1 N–H and O–H groups in total. The number of rotatable bonds is 3. The molecule has 33 heavy (non-hydrogen) atoms. The van der Waals surface area contributed by atoms with Gasteiger partial charge >= 0.3 is 0 Å². The highest BCUT2D eigenvalue weighted by molar-refractivity contribution is 7.93. The molecule has 0 radical (unpaired) electrons. The molecule has 3 heterocycles. The number of nitrogens with zero attached hydrogens (tertiary/aromatic N) is 3. The van der Waals surface area contributed by atoms with E-state index in [9.17, 15) is 18.0 Å². The lowest BCUT2D eigenvalue weighted by Gasteiger charge is -2.25. The maximum atomic E-state index is 13.9. The Kier molecular flexibility index (Phi) is 4.89. The average molecular weight is 465 g/mol. The van der Waals surface area contributed by atoms with Crippen molar-refractivity contribution in [2.24, 2.45) is 0 Å². The third-order valence-electron chi connectivity index (χ3n) is 6.28. The van der Waals surface area contributed by atoms with E-state index in [4.69, 9.17) is 0 Å². The number of carbonyl (C=O) groups is 2. The first-order chi connectivity index (χ1) is 15.7. The second-order valence-corrected chi connectivity index (χ2v) is 10.4. The largest absolute Gasteiger partial charge is 0.310 e. The zero-order chi connectivity index (χ0) is 23.5. The molecule has 2 aliphatic rings. The van der Waals surface area contributed by atoms with Crippen molar-refractivity contribution in [2.45, 2.75) is 51.0 Å². The van der Waals surface area contributed by atoms with Crippen LogP contribution in [0.15, 0.2) is 47.4 Å². The lowest BCUT2D eigenvalue weighted by atomic mass is 10.0. The normalized spacial score (nSPS) is 18.0. The summed E-state index contributed by atoms with van der Waals surface area (Å²) in [5.74, 6) is -0.266. The van der Waals surface area contributed by atoms with Gasteiger partial charge in [-0.1, -0.05) is 30.3 Å². The molecule has 0 bridgehead atoms. The van der Waals surface area contributed by atoms with E-state index in [1.165, 1.54) is 8.99 Å². The molecule has 5 rings (SSSR count). The Morgan fingerprint density at radius 3 is 2.61 bits per heavy atom. The SMILES string of the molecule is Cc1ccc(-c2c(C)nn3c2NC(=O)CCC3=O)cc1S(=O)(=O)N1c2ccccc2CC1C. The maximum absolute atomic E-state index is 13.9. The summed E-state index contributed by atoms with van der Waals surface area (Å²) < 4.78 is 30.4.